The summed E-state index contributed by atoms with van der Waals surface area (Å²) in [5, 5.41) is 6.64. The lowest BCUT2D eigenvalue weighted by molar-refractivity contribution is 0.0597. The van der Waals surface area contributed by atoms with Gasteiger partial charge < -0.3 is 29.6 Å². The number of hydrogen-bond donors (Lipinski definition) is 2. The summed E-state index contributed by atoms with van der Waals surface area (Å²) in [5.74, 6) is 2.10. The minimum absolute atomic E-state index is 0.0300. The second-order valence-corrected chi connectivity index (χ2v) is 6.89. The van der Waals surface area contributed by atoms with Gasteiger partial charge in [0, 0.05) is 13.6 Å². The highest BCUT2D eigenvalue weighted by atomic mass is 16.5. The second kappa shape index (κ2) is 12.4. The van der Waals surface area contributed by atoms with Gasteiger partial charge >= 0.3 is 5.97 Å². The fourth-order valence-corrected chi connectivity index (χ4v) is 3.14. The van der Waals surface area contributed by atoms with E-state index in [0.29, 0.717) is 37.0 Å². The van der Waals surface area contributed by atoms with E-state index in [1.807, 2.05) is 45.0 Å². The number of benzene rings is 2. The Hall–Kier alpha value is -3.42. The van der Waals surface area contributed by atoms with Crippen LogP contribution in [0, 0.1) is 0 Å². The fraction of sp³-hybridized carbons (Fsp3) is 0.417. The Labute approximate surface area is 189 Å². The Morgan fingerprint density at radius 2 is 1.69 bits per heavy atom. The molecule has 2 N–H and O–H groups in total. The molecular weight excluding hydrogens is 410 g/mol. The fourth-order valence-electron chi connectivity index (χ4n) is 3.14. The van der Waals surface area contributed by atoms with Crippen molar-refractivity contribution < 1.29 is 23.7 Å². The number of nitrogens with one attached hydrogen (secondary N) is 2. The van der Waals surface area contributed by atoms with E-state index in [2.05, 4.69) is 15.6 Å². The average molecular weight is 444 g/mol. The summed E-state index contributed by atoms with van der Waals surface area (Å²) < 4.78 is 21.5. The van der Waals surface area contributed by atoms with Gasteiger partial charge in [-0.15, -0.1) is 0 Å². The minimum atomic E-state index is -0.444. The van der Waals surface area contributed by atoms with E-state index in [0.717, 1.165) is 22.6 Å². The summed E-state index contributed by atoms with van der Waals surface area (Å²) in [6.45, 7) is 7.53. The van der Waals surface area contributed by atoms with Crippen molar-refractivity contribution in [3.8, 4) is 17.2 Å². The molecule has 0 aliphatic rings. The van der Waals surface area contributed by atoms with Crippen LogP contribution in [0.15, 0.2) is 41.4 Å². The maximum absolute atomic E-state index is 12.0. The number of carbonyl (C=O) groups excluding carboxylic acids is 1. The molecule has 0 bridgehead atoms. The van der Waals surface area contributed by atoms with Gasteiger partial charge in [-0.1, -0.05) is 12.1 Å². The number of ether oxygens (including phenoxy) is 4. The third-order valence-corrected chi connectivity index (χ3v) is 4.77. The van der Waals surface area contributed by atoms with E-state index in [9.17, 15) is 4.79 Å². The SMILES string of the molecule is CCOc1ccc(C(C)NC(=NC)NCc2ccc(OC)c(C(=O)OC)c2)cc1OCC. The molecule has 0 aromatic heterocycles. The van der Waals surface area contributed by atoms with Crippen LogP contribution < -0.4 is 24.8 Å². The second-order valence-electron chi connectivity index (χ2n) is 6.89. The van der Waals surface area contributed by atoms with E-state index in [-0.39, 0.29) is 6.04 Å². The van der Waals surface area contributed by atoms with Crippen molar-refractivity contribution in [1.29, 1.82) is 0 Å². The molecule has 0 aliphatic carbocycles. The maximum atomic E-state index is 12.0. The smallest absolute Gasteiger partial charge is 0.341 e. The van der Waals surface area contributed by atoms with Gasteiger partial charge in [-0.05, 0) is 56.2 Å². The number of esters is 1. The summed E-state index contributed by atoms with van der Waals surface area (Å²) in [7, 11) is 4.57. The molecule has 0 heterocycles. The number of rotatable bonds is 10. The van der Waals surface area contributed by atoms with Gasteiger partial charge in [0.1, 0.15) is 11.3 Å². The molecule has 1 atom stereocenters. The lowest BCUT2D eigenvalue weighted by atomic mass is 10.1. The van der Waals surface area contributed by atoms with Crippen molar-refractivity contribution in [1.82, 2.24) is 10.6 Å². The van der Waals surface area contributed by atoms with Crippen molar-refractivity contribution in [2.45, 2.75) is 33.4 Å². The van der Waals surface area contributed by atoms with Gasteiger partial charge in [0.15, 0.2) is 17.5 Å². The molecule has 0 aliphatic heterocycles. The third kappa shape index (κ3) is 6.54. The van der Waals surface area contributed by atoms with Crippen LogP contribution in [0.5, 0.6) is 17.2 Å². The molecule has 8 nitrogen and oxygen atoms in total. The Morgan fingerprint density at radius 1 is 1.00 bits per heavy atom. The van der Waals surface area contributed by atoms with Gasteiger partial charge in [0.2, 0.25) is 0 Å². The van der Waals surface area contributed by atoms with Gasteiger partial charge in [0.25, 0.3) is 0 Å². The highest BCUT2D eigenvalue weighted by Gasteiger charge is 2.15. The lowest BCUT2D eigenvalue weighted by Crippen LogP contribution is -2.38. The molecule has 0 saturated carbocycles. The third-order valence-electron chi connectivity index (χ3n) is 4.77. The normalized spacial score (nSPS) is 12.0. The van der Waals surface area contributed by atoms with Crippen molar-refractivity contribution in [2.24, 2.45) is 4.99 Å². The van der Waals surface area contributed by atoms with E-state index < -0.39 is 5.97 Å². The molecule has 2 rings (SSSR count). The first-order chi connectivity index (χ1) is 15.5. The van der Waals surface area contributed by atoms with Crippen LogP contribution in [0.1, 0.15) is 48.3 Å². The largest absolute Gasteiger partial charge is 0.496 e. The molecule has 174 valence electrons. The highest BCUT2D eigenvalue weighted by Crippen LogP contribution is 2.30. The molecule has 2 aromatic rings. The predicted molar refractivity (Wildman–Crippen MR) is 125 cm³/mol. The van der Waals surface area contributed by atoms with Gasteiger partial charge in [-0.2, -0.15) is 0 Å². The first-order valence-corrected chi connectivity index (χ1v) is 10.6. The maximum Gasteiger partial charge on any atom is 0.341 e. The average Bonchev–Trinajstić information content (AvgIpc) is 2.82. The van der Waals surface area contributed by atoms with E-state index >= 15 is 0 Å². The van der Waals surface area contributed by atoms with Crippen molar-refractivity contribution >= 4 is 11.9 Å². The Kier molecular flexibility index (Phi) is 9.66. The highest BCUT2D eigenvalue weighted by molar-refractivity contribution is 5.92. The van der Waals surface area contributed by atoms with Gasteiger partial charge in [0.05, 0.1) is 33.5 Å². The molecule has 0 saturated heterocycles. The number of hydrogen-bond acceptors (Lipinski definition) is 6. The van der Waals surface area contributed by atoms with Crippen LogP contribution in [0.4, 0.5) is 0 Å². The summed E-state index contributed by atoms with van der Waals surface area (Å²) in [6, 6.07) is 11.3. The first kappa shape index (κ1) is 24.8. The molecule has 32 heavy (non-hydrogen) atoms. The number of carbonyl (C=O) groups is 1. The molecule has 1 unspecified atom stereocenters. The van der Waals surface area contributed by atoms with Crippen LogP contribution in [0.3, 0.4) is 0 Å². The van der Waals surface area contributed by atoms with Crippen LogP contribution in [-0.2, 0) is 11.3 Å². The van der Waals surface area contributed by atoms with Crippen LogP contribution in [-0.4, -0.2) is 46.4 Å². The molecule has 2 aromatic carbocycles. The van der Waals surface area contributed by atoms with Crippen molar-refractivity contribution in [3.05, 3.63) is 53.1 Å². The van der Waals surface area contributed by atoms with Crippen molar-refractivity contribution in [2.75, 3.05) is 34.5 Å². The lowest BCUT2D eigenvalue weighted by Gasteiger charge is -2.20. The molecule has 0 fully saturated rings. The summed E-state index contributed by atoms with van der Waals surface area (Å²) in [5.41, 5.74) is 2.31. The van der Waals surface area contributed by atoms with Crippen molar-refractivity contribution in [3.63, 3.8) is 0 Å². The summed E-state index contributed by atoms with van der Waals surface area (Å²) >= 11 is 0. The van der Waals surface area contributed by atoms with Crippen LogP contribution in [0.2, 0.25) is 0 Å². The van der Waals surface area contributed by atoms with E-state index in [1.54, 1.807) is 19.2 Å². The summed E-state index contributed by atoms with van der Waals surface area (Å²) in [6.07, 6.45) is 0. The first-order valence-electron chi connectivity index (χ1n) is 10.6. The topological polar surface area (TPSA) is 90.4 Å². The standard InChI is InChI=1S/C24H33N3O5/c1-7-31-21-12-10-18(14-22(21)32-8-2)16(3)27-24(25-4)26-15-17-9-11-20(29-5)19(13-17)23(28)30-6/h9-14,16H,7-8,15H2,1-6H3,(H2,25,26,27). The monoisotopic (exact) mass is 443 g/mol. The van der Waals surface area contributed by atoms with E-state index in [1.165, 1.54) is 14.2 Å². The molecular formula is C24H33N3O5. The Balaban J connectivity index is 2.08. The quantitative estimate of drug-likeness (QED) is 0.329. The van der Waals surface area contributed by atoms with E-state index in [4.69, 9.17) is 18.9 Å². The van der Waals surface area contributed by atoms with Gasteiger partial charge in [-0.25, -0.2) is 4.79 Å². The number of guanidine groups is 1. The Morgan fingerprint density at radius 3 is 2.31 bits per heavy atom. The zero-order valence-electron chi connectivity index (χ0n) is 19.7. The number of methoxy groups -OCH3 is 2. The predicted octanol–water partition coefficient (Wildman–Crippen LogP) is 3.71. The molecule has 0 spiro atoms. The van der Waals surface area contributed by atoms with Crippen LogP contribution in [0.25, 0.3) is 0 Å². The van der Waals surface area contributed by atoms with Crippen LogP contribution >= 0.6 is 0 Å². The summed E-state index contributed by atoms with van der Waals surface area (Å²) in [4.78, 5) is 16.3. The molecule has 0 radical (unpaired) electrons. The zero-order chi connectivity index (χ0) is 23.5. The van der Waals surface area contributed by atoms with Gasteiger partial charge in [-0.3, -0.25) is 4.99 Å². The molecule has 0 amide bonds. The Bertz CT molecular complexity index is 930. The number of nitrogens with zero attached hydrogens (tertiary/aromatic N) is 1. The zero-order valence-corrected chi connectivity index (χ0v) is 19.7. The minimum Gasteiger partial charge on any atom is -0.496 e. The molecule has 8 heteroatoms. The number of aliphatic imine (C=N–C) groups is 1.